The Balaban J connectivity index is 1.88. The summed E-state index contributed by atoms with van der Waals surface area (Å²) >= 11 is 0. The van der Waals surface area contributed by atoms with Crippen LogP contribution in [0.25, 0.3) is 11.3 Å². The van der Waals surface area contributed by atoms with Gasteiger partial charge in [0.25, 0.3) is 0 Å². The Morgan fingerprint density at radius 2 is 1.87 bits per heavy atom. The van der Waals surface area contributed by atoms with E-state index in [1.165, 1.54) is 12.3 Å². The molecule has 6 heteroatoms. The molecule has 3 rings (SSSR count). The van der Waals surface area contributed by atoms with Crippen molar-refractivity contribution in [3.63, 3.8) is 0 Å². The molecule has 1 saturated heterocycles. The number of alkyl halides is 3. The van der Waals surface area contributed by atoms with Gasteiger partial charge in [0.2, 0.25) is 0 Å². The first-order valence-corrected chi connectivity index (χ1v) is 7.61. The van der Waals surface area contributed by atoms with E-state index in [0.717, 1.165) is 43.8 Å². The minimum atomic E-state index is -4.35. The molecule has 0 aliphatic carbocycles. The summed E-state index contributed by atoms with van der Waals surface area (Å²) in [6.45, 7) is 2.00. The van der Waals surface area contributed by atoms with Crippen LogP contribution >= 0.6 is 0 Å². The van der Waals surface area contributed by atoms with Crippen LogP contribution < -0.4 is 0 Å². The van der Waals surface area contributed by atoms with Gasteiger partial charge in [0.15, 0.2) is 0 Å². The highest BCUT2D eigenvalue weighted by Gasteiger charge is 2.30. The summed E-state index contributed by atoms with van der Waals surface area (Å²) in [6, 6.07) is 5.24. The van der Waals surface area contributed by atoms with Gasteiger partial charge in [-0.15, -0.1) is 0 Å². The second-order valence-electron chi connectivity index (χ2n) is 5.99. The molecule has 122 valence electrons. The summed E-state index contributed by atoms with van der Waals surface area (Å²) in [4.78, 5) is 11.0. The molecule has 1 aromatic carbocycles. The molecular formula is C17H18F3N3. The van der Waals surface area contributed by atoms with E-state index in [0.29, 0.717) is 17.2 Å². The molecule has 0 atom stereocenters. The van der Waals surface area contributed by atoms with E-state index in [1.807, 2.05) is 0 Å². The minimum Gasteiger partial charge on any atom is -0.306 e. The van der Waals surface area contributed by atoms with Crippen LogP contribution in [0.5, 0.6) is 0 Å². The maximum atomic E-state index is 12.8. The molecule has 3 nitrogen and oxygen atoms in total. The Bertz CT molecular complexity index is 677. The molecule has 1 aromatic heterocycles. The molecule has 0 amide bonds. The topological polar surface area (TPSA) is 29.0 Å². The van der Waals surface area contributed by atoms with Gasteiger partial charge in [0, 0.05) is 17.7 Å². The van der Waals surface area contributed by atoms with Gasteiger partial charge < -0.3 is 4.90 Å². The van der Waals surface area contributed by atoms with Gasteiger partial charge in [-0.3, -0.25) is 4.98 Å². The van der Waals surface area contributed by atoms with Gasteiger partial charge in [0.05, 0.1) is 23.1 Å². The van der Waals surface area contributed by atoms with E-state index in [2.05, 4.69) is 21.9 Å². The largest absolute Gasteiger partial charge is 0.416 e. The van der Waals surface area contributed by atoms with E-state index in [1.54, 1.807) is 12.3 Å². The molecule has 0 unspecified atom stereocenters. The van der Waals surface area contributed by atoms with Gasteiger partial charge in [-0.1, -0.05) is 12.1 Å². The van der Waals surface area contributed by atoms with Gasteiger partial charge in [0.1, 0.15) is 0 Å². The number of halogens is 3. The van der Waals surface area contributed by atoms with Crippen molar-refractivity contribution in [3.05, 3.63) is 47.9 Å². The maximum absolute atomic E-state index is 12.8. The van der Waals surface area contributed by atoms with E-state index >= 15 is 0 Å². The molecule has 2 aromatic rings. The third-order valence-electron chi connectivity index (χ3n) is 4.28. The van der Waals surface area contributed by atoms with Crippen LogP contribution in [0.2, 0.25) is 0 Å². The first-order valence-electron chi connectivity index (χ1n) is 7.61. The summed E-state index contributed by atoms with van der Waals surface area (Å²) < 4.78 is 38.5. The fraction of sp³-hybridized carbons (Fsp3) is 0.412. The molecular weight excluding hydrogens is 303 g/mol. The fourth-order valence-electron chi connectivity index (χ4n) is 2.88. The van der Waals surface area contributed by atoms with Crippen molar-refractivity contribution in [2.24, 2.45) is 0 Å². The minimum absolute atomic E-state index is 0.324. The highest BCUT2D eigenvalue weighted by atomic mass is 19.4. The zero-order valence-electron chi connectivity index (χ0n) is 12.8. The Hall–Kier alpha value is -1.95. The first kappa shape index (κ1) is 15.9. The summed E-state index contributed by atoms with van der Waals surface area (Å²) in [5, 5.41) is 0. The molecule has 1 aliphatic rings. The summed E-state index contributed by atoms with van der Waals surface area (Å²) in [7, 11) is 2.08. The number of likely N-dealkylation sites (tertiary alicyclic amines) is 1. The van der Waals surface area contributed by atoms with E-state index in [9.17, 15) is 13.2 Å². The van der Waals surface area contributed by atoms with Crippen molar-refractivity contribution >= 4 is 0 Å². The molecule has 0 bridgehead atoms. The number of hydrogen-bond acceptors (Lipinski definition) is 3. The van der Waals surface area contributed by atoms with Crippen LogP contribution in [0.3, 0.4) is 0 Å². The monoisotopic (exact) mass is 321 g/mol. The predicted molar refractivity (Wildman–Crippen MR) is 81.9 cm³/mol. The highest BCUT2D eigenvalue weighted by molar-refractivity contribution is 5.59. The zero-order chi connectivity index (χ0) is 16.4. The Morgan fingerprint density at radius 1 is 1.13 bits per heavy atom. The molecule has 23 heavy (non-hydrogen) atoms. The second-order valence-corrected chi connectivity index (χ2v) is 5.99. The van der Waals surface area contributed by atoms with Gasteiger partial charge in [-0.2, -0.15) is 13.2 Å². The van der Waals surface area contributed by atoms with E-state index in [-0.39, 0.29) is 0 Å². The zero-order valence-corrected chi connectivity index (χ0v) is 12.8. The van der Waals surface area contributed by atoms with Crippen molar-refractivity contribution in [2.75, 3.05) is 20.1 Å². The van der Waals surface area contributed by atoms with Gasteiger partial charge in [-0.25, -0.2) is 4.98 Å². The van der Waals surface area contributed by atoms with Crippen LogP contribution in [0.4, 0.5) is 13.2 Å². The van der Waals surface area contributed by atoms with E-state index < -0.39 is 11.7 Å². The average Bonchev–Trinajstić information content (AvgIpc) is 2.55. The van der Waals surface area contributed by atoms with Crippen molar-refractivity contribution < 1.29 is 13.2 Å². The van der Waals surface area contributed by atoms with Crippen LogP contribution in [-0.2, 0) is 6.18 Å². The molecule has 0 N–H and O–H groups in total. The molecule has 0 saturated carbocycles. The van der Waals surface area contributed by atoms with Crippen LogP contribution in [0.15, 0.2) is 36.7 Å². The van der Waals surface area contributed by atoms with E-state index in [4.69, 9.17) is 0 Å². The smallest absolute Gasteiger partial charge is 0.306 e. The molecule has 1 aliphatic heterocycles. The lowest BCUT2D eigenvalue weighted by Crippen LogP contribution is -2.29. The standard InChI is InChI=1S/C17H18F3N3/c1-23-7-5-12(6-8-23)15-10-21-11-16(22-15)13-3-2-4-14(9-13)17(18,19)20/h2-4,9-12H,5-8H2,1H3. The summed E-state index contributed by atoms with van der Waals surface area (Å²) in [5.41, 5.74) is 1.14. The second kappa shape index (κ2) is 6.28. The Kier molecular flexibility index (Phi) is 4.35. The van der Waals surface area contributed by atoms with Crippen molar-refractivity contribution in [1.82, 2.24) is 14.9 Å². The Labute approximate surface area is 133 Å². The predicted octanol–water partition coefficient (Wildman–Crippen LogP) is 3.97. The lowest BCUT2D eigenvalue weighted by atomic mass is 9.94. The number of nitrogens with zero attached hydrogens (tertiary/aromatic N) is 3. The number of hydrogen-bond donors (Lipinski definition) is 0. The number of benzene rings is 1. The number of piperidine rings is 1. The quantitative estimate of drug-likeness (QED) is 0.838. The SMILES string of the molecule is CN1CCC(c2cncc(-c3cccc(C(F)(F)F)c3)n2)CC1. The van der Waals surface area contributed by atoms with Crippen molar-refractivity contribution in [1.29, 1.82) is 0 Å². The maximum Gasteiger partial charge on any atom is 0.416 e. The normalized spacial score (nSPS) is 17.4. The molecule has 2 heterocycles. The molecule has 1 fully saturated rings. The highest BCUT2D eigenvalue weighted by Crippen LogP contribution is 2.32. The lowest BCUT2D eigenvalue weighted by molar-refractivity contribution is -0.137. The third kappa shape index (κ3) is 3.69. The fourth-order valence-corrected chi connectivity index (χ4v) is 2.88. The summed E-state index contributed by atoms with van der Waals surface area (Å²) in [5.74, 6) is 0.324. The summed E-state index contributed by atoms with van der Waals surface area (Å²) in [6.07, 6.45) is 0.893. The van der Waals surface area contributed by atoms with Crippen LogP contribution in [0.1, 0.15) is 30.0 Å². The van der Waals surface area contributed by atoms with Gasteiger partial charge in [-0.05, 0) is 45.1 Å². The van der Waals surface area contributed by atoms with Crippen LogP contribution in [0, 0.1) is 0 Å². The third-order valence-corrected chi connectivity index (χ3v) is 4.28. The molecule has 0 radical (unpaired) electrons. The lowest BCUT2D eigenvalue weighted by Gasteiger charge is -2.28. The van der Waals surface area contributed by atoms with Crippen molar-refractivity contribution in [3.8, 4) is 11.3 Å². The number of rotatable bonds is 2. The first-order chi connectivity index (χ1) is 10.9. The molecule has 0 spiro atoms. The Morgan fingerprint density at radius 3 is 2.57 bits per heavy atom. The van der Waals surface area contributed by atoms with Crippen molar-refractivity contribution in [2.45, 2.75) is 24.9 Å². The van der Waals surface area contributed by atoms with Gasteiger partial charge >= 0.3 is 6.18 Å². The number of aromatic nitrogens is 2. The average molecular weight is 321 g/mol. The van der Waals surface area contributed by atoms with Crippen LogP contribution in [-0.4, -0.2) is 35.0 Å².